The average Bonchev–Trinajstić information content (AvgIpc) is 2.20. The number of aliphatic hydroxyl groups excluding tert-OH is 1. The highest BCUT2D eigenvalue weighted by molar-refractivity contribution is 7.47. The van der Waals surface area contributed by atoms with E-state index in [1.165, 1.54) is 212 Å². The summed E-state index contributed by atoms with van der Waals surface area (Å²) in [6, 6.07) is 0. The van der Waals surface area contributed by atoms with E-state index in [1.54, 1.807) is 0 Å². The molecule has 0 radical (unpaired) electrons. The van der Waals surface area contributed by atoms with Crippen LogP contribution in [0, 0.1) is 5.92 Å². The van der Waals surface area contributed by atoms with Crippen molar-refractivity contribution in [1.82, 2.24) is 0 Å². The Labute approximate surface area is 568 Å². The molecule has 0 aliphatic heterocycles. The Morgan fingerprint density at radius 1 is 0.290 bits per heavy atom. The predicted octanol–water partition coefficient (Wildman–Crippen LogP) is 21.7. The van der Waals surface area contributed by atoms with Crippen LogP contribution in [0.1, 0.15) is 388 Å². The first kappa shape index (κ1) is 91.1. The zero-order chi connectivity index (χ0) is 68.4. The Hall–Kier alpha value is -1.94. The van der Waals surface area contributed by atoms with Gasteiger partial charge in [-0.25, -0.2) is 9.13 Å². The molecule has 0 amide bonds. The second-order valence-corrected chi connectivity index (χ2v) is 30.1. The van der Waals surface area contributed by atoms with Crippen LogP contribution in [-0.4, -0.2) is 96.7 Å². The van der Waals surface area contributed by atoms with Gasteiger partial charge in [-0.15, -0.1) is 0 Å². The fourth-order valence-electron chi connectivity index (χ4n) is 11.4. The molecule has 552 valence electrons. The molecule has 0 saturated heterocycles. The lowest BCUT2D eigenvalue weighted by molar-refractivity contribution is -0.161. The Morgan fingerprint density at radius 3 is 0.731 bits per heavy atom. The third-order valence-electron chi connectivity index (χ3n) is 17.3. The van der Waals surface area contributed by atoms with Crippen molar-refractivity contribution in [2.75, 3.05) is 39.6 Å². The van der Waals surface area contributed by atoms with E-state index in [-0.39, 0.29) is 25.7 Å². The van der Waals surface area contributed by atoms with Gasteiger partial charge in [0, 0.05) is 25.7 Å². The number of phosphoric ester groups is 2. The fraction of sp³-hybridized carbons (Fsp3) is 0.946. The van der Waals surface area contributed by atoms with Gasteiger partial charge in [-0.3, -0.25) is 37.3 Å². The Morgan fingerprint density at radius 2 is 0.495 bits per heavy atom. The number of phosphoric acid groups is 2. The number of unbranched alkanes of at least 4 members (excludes halogenated alkanes) is 46. The smallest absolute Gasteiger partial charge is 0.462 e. The van der Waals surface area contributed by atoms with Gasteiger partial charge in [-0.1, -0.05) is 336 Å². The van der Waals surface area contributed by atoms with Crippen molar-refractivity contribution in [1.29, 1.82) is 0 Å². The third-order valence-corrected chi connectivity index (χ3v) is 19.2. The summed E-state index contributed by atoms with van der Waals surface area (Å²) in [6.07, 6.45) is 55.3. The quantitative estimate of drug-likeness (QED) is 0.0222. The van der Waals surface area contributed by atoms with E-state index < -0.39 is 97.5 Å². The molecule has 0 aliphatic rings. The number of ether oxygens (including phenoxy) is 4. The maximum absolute atomic E-state index is 13.1. The van der Waals surface area contributed by atoms with Gasteiger partial charge in [0.25, 0.3) is 0 Å². The maximum atomic E-state index is 13.1. The minimum atomic E-state index is -4.95. The van der Waals surface area contributed by atoms with Crippen LogP contribution >= 0.6 is 15.6 Å². The first-order valence-electron chi connectivity index (χ1n) is 38.6. The van der Waals surface area contributed by atoms with Crippen LogP contribution in [-0.2, 0) is 65.4 Å². The van der Waals surface area contributed by atoms with Crippen molar-refractivity contribution in [3.8, 4) is 0 Å². The average molecular weight is 1370 g/mol. The molecule has 0 aromatic carbocycles. The van der Waals surface area contributed by atoms with Gasteiger partial charge in [-0.05, 0) is 31.6 Å². The second-order valence-electron chi connectivity index (χ2n) is 27.2. The number of aliphatic hydroxyl groups is 1. The number of hydrogen-bond acceptors (Lipinski definition) is 15. The molecule has 93 heavy (non-hydrogen) atoms. The number of rotatable bonds is 74. The first-order valence-corrected chi connectivity index (χ1v) is 41.6. The second kappa shape index (κ2) is 67.3. The fourth-order valence-corrected chi connectivity index (χ4v) is 12.9. The van der Waals surface area contributed by atoms with Crippen LogP contribution in [0.15, 0.2) is 0 Å². The molecule has 5 atom stereocenters. The van der Waals surface area contributed by atoms with Crippen LogP contribution in [0.5, 0.6) is 0 Å². The summed E-state index contributed by atoms with van der Waals surface area (Å²) in [5.41, 5.74) is 0. The zero-order valence-corrected chi connectivity index (χ0v) is 62.2. The summed E-state index contributed by atoms with van der Waals surface area (Å²) in [4.78, 5) is 72.7. The molecule has 0 aromatic rings. The molecule has 0 aromatic heterocycles. The molecule has 17 nitrogen and oxygen atoms in total. The van der Waals surface area contributed by atoms with Gasteiger partial charge < -0.3 is 33.8 Å². The van der Waals surface area contributed by atoms with E-state index in [0.717, 1.165) is 95.8 Å². The molecule has 0 rings (SSSR count). The molecular weight excluding hydrogens is 1220 g/mol. The van der Waals surface area contributed by atoms with Crippen molar-refractivity contribution >= 4 is 39.5 Å². The van der Waals surface area contributed by atoms with Gasteiger partial charge in [-0.2, -0.15) is 0 Å². The molecule has 0 saturated carbocycles. The molecule has 0 fully saturated rings. The molecule has 0 spiro atoms. The van der Waals surface area contributed by atoms with E-state index in [2.05, 4.69) is 34.6 Å². The van der Waals surface area contributed by atoms with E-state index in [9.17, 15) is 43.2 Å². The summed E-state index contributed by atoms with van der Waals surface area (Å²) in [7, 11) is -9.90. The Balaban J connectivity index is 5.23. The summed E-state index contributed by atoms with van der Waals surface area (Å²) in [5.74, 6) is -1.33. The highest BCUT2D eigenvalue weighted by atomic mass is 31.2. The van der Waals surface area contributed by atoms with E-state index >= 15 is 0 Å². The topological polar surface area (TPSA) is 237 Å². The largest absolute Gasteiger partial charge is 0.472 e. The third kappa shape index (κ3) is 68.4. The van der Waals surface area contributed by atoms with Gasteiger partial charge in [0.15, 0.2) is 12.2 Å². The highest BCUT2D eigenvalue weighted by Crippen LogP contribution is 2.45. The van der Waals surface area contributed by atoms with E-state index in [0.29, 0.717) is 25.7 Å². The van der Waals surface area contributed by atoms with Crippen molar-refractivity contribution in [2.45, 2.75) is 406 Å². The van der Waals surface area contributed by atoms with Crippen LogP contribution in [0.2, 0.25) is 0 Å². The highest BCUT2D eigenvalue weighted by Gasteiger charge is 2.30. The molecule has 0 heterocycles. The summed E-state index contributed by atoms with van der Waals surface area (Å²) in [6.45, 7) is 7.29. The number of carbonyl (C=O) groups is 4. The lowest BCUT2D eigenvalue weighted by atomic mass is 10.0. The Bertz CT molecular complexity index is 1790. The SMILES string of the molecule is CCCCCCCCCCCCCCCCC(=O)OC[C@H](COP(=O)(O)OC[C@@H](O)COP(=O)(O)OC[C@@H](COC(=O)CCCCCCCCCCC)OC(=O)CCCCCCCCCCCCCCCC)OC(=O)CCCCCCCCCCCCCCCC(C)C. The molecule has 0 aliphatic carbocycles. The normalized spacial score (nSPS) is 14.0. The van der Waals surface area contributed by atoms with Crippen LogP contribution in [0.25, 0.3) is 0 Å². The van der Waals surface area contributed by atoms with Crippen LogP contribution < -0.4 is 0 Å². The van der Waals surface area contributed by atoms with Crippen LogP contribution in [0.4, 0.5) is 0 Å². The molecular formula is C74H144O17P2. The van der Waals surface area contributed by atoms with Crippen molar-refractivity contribution in [3.63, 3.8) is 0 Å². The van der Waals surface area contributed by atoms with Crippen molar-refractivity contribution in [3.05, 3.63) is 0 Å². The molecule has 19 heteroatoms. The molecule has 0 bridgehead atoms. The van der Waals surface area contributed by atoms with Gasteiger partial charge in [0.1, 0.15) is 19.3 Å². The minimum absolute atomic E-state index is 0.108. The summed E-state index contributed by atoms with van der Waals surface area (Å²) < 4.78 is 68.4. The van der Waals surface area contributed by atoms with E-state index in [1.807, 2.05) is 0 Å². The van der Waals surface area contributed by atoms with Gasteiger partial charge in [0.05, 0.1) is 26.4 Å². The standard InChI is InChI=1S/C74H144O17P2/c1-6-9-12-15-18-21-23-25-29-33-38-43-48-53-58-72(77)85-64-70(91-74(79)60-55-50-45-40-35-31-27-28-32-37-41-46-51-56-67(4)5)66-89-93(82,83)87-62-68(75)61-86-92(80,81)88-65-69(63-84-71(76)57-52-47-42-36-20-17-14-11-8-3)90-73(78)59-54-49-44-39-34-30-26-24-22-19-16-13-10-7-2/h67-70,75H,6-66H2,1-5H3,(H,80,81)(H,82,83)/t68-,69+,70+/m0/s1. The monoisotopic (exact) mass is 1370 g/mol. The number of hydrogen-bond donors (Lipinski definition) is 3. The van der Waals surface area contributed by atoms with Crippen molar-refractivity contribution in [2.24, 2.45) is 5.92 Å². The number of carbonyl (C=O) groups excluding carboxylic acids is 4. The summed E-state index contributed by atoms with van der Waals surface area (Å²) in [5, 5.41) is 10.6. The molecule has 2 unspecified atom stereocenters. The molecule has 3 N–H and O–H groups in total. The lowest BCUT2D eigenvalue weighted by Gasteiger charge is -2.21. The minimum Gasteiger partial charge on any atom is -0.462 e. The van der Waals surface area contributed by atoms with Crippen LogP contribution in [0.3, 0.4) is 0 Å². The number of esters is 4. The maximum Gasteiger partial charge on any atom is 0.472 e. The zero-order valence-electron chi connectivity index (χ0n) is 60.4. The van der Waals surface area contributed by atoms with Crippen molar-refractivity contribution < 1.29 is 80.2 Å². The first-order chi connectivity index (χ1) is 45.0. The Kier molecular flexibility index (Phi) is 65.9. The lowest BCUT2D eigenvalue weighted by Crippen LogP contribution is -2.30. The predicted molar refractivity (Wildman–Crippen MR) is 377 cm³/mol. The van der Waals surface area contributed by atoms with Gasteiger partial charge >= 0.3 is 39.5 Å². The van der Waals surface area contributed by atoms with Gasteiger partial charge in [0.2, 0.25) is 0 Å². The summed E-state index contributed by atoms with van der Waals surface area (Å²) >= 11 is 0. The van der Waals surface area contributed by atoms with E-state index in [4.69, 9.17) is 37.0 Å².